The van der Waals surface area contributed by atoms with Gasteiger partial charge in [0.1, 0.15) is 4.21 Å². The van der Waals surface area contributed by atoms with Crippen LogP contribution in [0.3, 0.4) is 0 Å². The van der Waals surface area contributed by atoms with E-state index >= 15 is 0 Å². The summed E-state index contributed by atoms with van der Waals surface area (Å²) in [6.45, 7) is 9.47. The van der Waals surface area contributed by atoms with Crippen molar-refractivity contribution in [1.82, 2.24) is 10.0 Å². The van der Waals surface area contributed by atoms with Crippen molar-refractivity contribution in [2.24, 2.45) is 5.92 Å². The first kappa shape index (κ1) is 18.6. The van der Waals surface area contributed by atoms with E-state index in [0.29, 0.717) is 42.9 Å². The van der Waals surface area contributed by atoms with Gasteiger partial charge >= 0.3 is 0 Å². The second-order valence-electron chi connectivity index (χ2n) is 5.22. The highest BCUT2D eigenvalue weighted by molar-refractivity contribution is 7.91. The van der Waals surface area contributed by atoms with E-state index in [1.807, 2.05) is 13.0 Å². The number of rotatable bonds is 11. The molecule has 0 aliphatic heterocycles. The lowest BCUT2D eigenvalue weighted by Crippen LogP contribution is -2.25. The van der Waals surface area contributed by atoms with Crippen molar-refractivity contribution in [3.8, 4) is 0 Å². The van der Waals surface area contributed by atoms with E-state index in [9.17, 15) is 8.42 Å². The molecule has 0 unspecified atom stereocenters. The lowest BCUT2D eigenvalue weighted by molar-refractivity contribution is 0.108. The topological polar surface area (TPSA) is 67.4 Å². The standard InChI is InChI=1S/C14H26N2O3S2/c1-4-15-10-13-6-7-14(20-13)21(17,18)16-8-5-9-19-11-12(2)3/h6-7,12,15-16H,4-5,8-11H2,1-3H3. The van der Waals surface area contributed by atoms with Crippen LogP contribution in [-0.4, -0.2) is 34.7 Å². The van der Waals surface area contributed by atoms with E-state index in [4.69, 9.17) is 4.74 Å². The van der Waals surface area contributed by atoms with Crippen molar-refractivity contribution in [3.05, 3.63) is 17.0 Å². The van der Waals surface area contributed by atoms with Gasteiger partial charge in [-0.15, -0.1) is 11.3 Å². The van der Waals surface area contributed by atoms with Gasteiger partial charge in [-0.05, 0) is 31.0 Å². The Balaban J connectivity index is 2.34. The predicted molar refractivity (Wildman–Crippen MR) is 87.2 cm³/mol. The number of sulfonamides is 1. The molecule has 0 saturated carbocycles. The highest BCUT2D eigenvalue weighted by Gasteiger charge is 2.15. The van der Waals surface area contributed by atoms with Crippen LogP contribution in [0.1, 0.15) is 32.1 Å². The van der Waals surface area contributed by atoms with E-state index in [0.717, 1.165) is 11.4 Å². The summed E-state index contributed by atoms with van der Waals surface area (Å²) < 4.78 is 32.6. The Kier molecular flexibility index (Phi) is 8.43. The number of ether oxygens (including phenoxy) is 1. The van der Waals surface area contributed by atoms with Crippen molar-refractivity contribution in [1.29, 1.82) is 0 Å². The molecule has 2 N–H and O–H groups in total. The SMILES string of the molecule is CCNCc1ccc(S(=O)(=O)NCCCOCC(C)C)s1. The largest absolute Gasteiger partial charge is 0.381 e. The zero-order chi connectivity index (χ0) is 15.7. The first-order chi connectivity index (χ1) is 9.95. The van der Waals surface area contributed by atoms with Crippen molar-refractivity contribution in [3.63, 3.8) is 0 Å². The smallest absolute Gasteiger partial charge is 0.250 e. The Hall–Kier alpha value is -0.470. The maximum Gasteiger partial charge on any atom is 0.250 e. The summed E-state index contributed by atoms with van der Waals surface area (Å²) in [5, 5.41) is 3.18. The molecule has 0 aliphatic carbocycles. The molecule has 0 fully saturated rings. The molecule has 0 saturated heterocycles. The Morgan fingerprint density at radius 1 is 1.33 bits per heavy atom. The molecule has 7 heteroatoms. The van der Waals surface area contributed by atoms with E-state index < -0.39 is 10.0 Å². The highest BCUT2D eigenvalue weighted by Crippen LogP contribution is 2.21. The van der Waals surface area contributed by atoms with Gasteiger partial charge in [0.05, 0.1) is 0 Å². The third kappa shape index (κ3) is 7.37. The highest BCUT2D eigenvalue weighted by atomic mass is 32.2. The molecule has 21 heavy (non-hydrogen) atoms. The van der Waals surface area contributed by atoms with Crippen LogP contribution in [0.15, 0.2) is 16.3 Å². The fraction of sp³-hybridized carbons (Fsp3) is 0.714. The maximum absolute atomic E-state index is 12.1. The van der Waals surface area contributed by atoms with Crippen LogP contribution >= 0.6 is 11.3 Å². The molecular weight excluding hydrogens is 308 g/mol. The Morgan fingerprint density at radius 2 is 2.10 bits per heavy atom. The fourth-order valence-electron chi connectivity index (χ4n) is 1.62. The van der Waals surface area contributed by atoms with Gasteiger partial charge in [0.25, 0.3) is 0 Å². The summed E-state index contributed by atoms with van der Waals surface area (Å²) in [6.07, 6.45) is 0.682. The number of thiophene rings is 1. The average Bonchev–Trinajstić information content (AvgIpc) is 2.89. The minimum atomic E-state index is -3.38. The summed E-state index contributed by atoms with van der Waals surface area (Å²) >= 11 is 1.31. The molecule has 0 amide bonds. The number of hydrogen-bond acceptors (Lipinski definition) is 5. The number of hydrogen-bond donors (Lipinski definition) is 2. The second-order valence-corrected chi connectivity index (χ2v) is 8.38. The molecule has 0 radical (unpaired) electrons. The monoisotopic (exact) mass is 334 g/mol. The molecule has 1 aromatic heterocycles. The maximum atomic E-state index is 12.1. The third-order valence-corrected chi connectivity index (χ3v) is 5.70. The van der Waals surface area contributed by atoms with E-state index in [-0.39, 0.29) is 0 Å². The van der Waals surface area contributed by atoms with Crippen LogP contribution in [0.4, 0.5) is 0 Å². The predicted octanol–water partition coefficient (Wildman–Crippen LogP) is 2.20. The molecule has 0 bridgehead atoms. The van der Waals surface area contributed by atoms with Gasteiger partial charge in [-0.3, -0.25) is 0 Å². The van der Waals surface area contributed by atoms with E-state index in [1.54, 1.807) is 6.07 Å². The van der Waals surface area contributed by atoms with E-state index in [2.05, 4.69) is 23.9 Å². The Morgan fingerprint density at radius 3 is 2.76 bits per heavy atom. The molecule has 122 valence electrons. The summed E-state index contributed by atoms with van der Waals surface area (Å²) in [5.41, 5.74) is 0. The second kappa shape index (κ2) is 9.53. The first-order valence-electron chi connectivity index (χ1n) is 7.32. The summed E-state index contributed by atoms with van der Waals surface area (Å²) in [5.74, 6) is 0.503. The van der Waals surface area contributed by atoms with Crippen LogP contribution in [-0.2, 0) is 21.3 Å². The molecule has 0 aliphatic rings. The third-order valence-electron chi connectivity index (χ3n) is 2.66. The van der Waals surface area contributed by atoms with Crippen LogP contribution in [0.5, 0.6) is 0 Å². The van der Waals surface area contributed by atoms with Crippen LogP contribution in [0.2, 0.25) is 0 Å². The van der Waals surface area contributed by atoms with Gasteiger partial charge in [0.2, 0.25) is 10.0 Å². The summed E-state index contributed by atoms with van der Waals surface area (Å²) in [7, 11) is -3.38. The lowest BCUT2D eigenvalue weighted by Gasteiger charge is -2.07. The zero-order valence-corrected chi connectivity index (χ0v) is 14.6. The van der Waals surface area contributed by atoms with Crippen molar-refractivity contribution in [2.45, 2.75) is 37.9 Å². The normalized spacial score (nSPS) is 12.2. The Bertz CT molecular complexity index is 498. The van der Waals surface area contributed by atoms with Crippen LogP contribution in [0.25, 0.3) is 0 Å². The van der Waals surface area contributed by atoms with Crippen LogP contribution in [0, 0.1) is 5.92 Å². The molecule has 1 heterocycles. The Labute approximate surface area is 132 Å². The molecule has 0 aromatic carbocycles. The van der Waals surface area contributed by atoms with Gasteiger partial charge < -0.3 is 10.1 Å². The van der Waals surface area contributed by atoms with Gasteiger partial charge in [-0.1, -0.05) is 20.8 Å². The quantitative estimate of drug-likeness (QED) is 0.609. The average molecular weight is 335 g/mol. The molecule has 0 atom stereocenters. The zero-order valence-electron chi connectivity index (χ0n) is 13.0. The van der Waals surface area contributed by atoms with Crippen molar-refractivity contribution >= 4 is 21.4 Å². The van der Waals surface area contributed by atoms with Crippen LogP contribution < -0.4 is 10.0 Å². The van der Waals surface area contributed by atoms with Crippen molar-refractivity contribution < 1.29 is 13.2 Å². The molecule has 5 nitrogen and oxygen atoms in total. The molecule has 0 spiro atoms. The first-order valence-corrected chi connectivity index (χ1v) is 9.62. The van der Waals surface area contributed by atoms with Gasteiger partial charge in [0.15, 0.2) is 0 Å². The lowest BCUT2D eigenvalue weighted by atomic mass is 10.2. The molecule has 1 aromatic rings. The minimum Gasteiger partial charge on any atom is -0.381 e. The van der Waals surface area contributed by atoms with Gasteiger partial charge in [-0.2, -0.15) is 0 Å². The fourth-order valence-corrected chi connectivity index (χ4v) is 4.06. The molecule has 1 rings (SSSR count). The van der Waals surface area contributed by atoms with E-state index in [1.165, 1.54) is 11.3 Å². The minimum absolute atomic E-state index is 0.374. The number of nitrogens with one attached hydrogen (secondary N) is 2. The van der Waals surface area contributed by atoms with Gasteiger partial charge in [-0.25, -0.2) is 13.1 Å². The summed E-state index contributed by atoms with van der Waals surface area (Å²) in [6, 6.07) is 3.52. The molecular formula is C14H26N2O3S2. The summed E-state index contributed by atoms with van der Waals surface area (Å²) in [4.78, 5) is 1.03. The van der Waals surface area contributed by atoms with Gasteiger partial charge in [0, 0.05) is 31.2 Å². The van der Waals surface area contributed by atoms with Crippen molar-refractivity contribution in [2.75, 3.05) is 26.3 Å².